The van der Waals surface area contributed by atoms with Crippen LogP contribution >= 0.6 is 12.4 Å². The molecule has 0 aromatic heterocycles. The van der Waals surface area contributed by atoms with Crippen LogP contribution in [-0.4, -0.2) is 45.2 Å². The second kappa shape index (κ2) is 4.57. The van der Waals surface area contributed by atoms with Gasteiger partial charge < -0.3 is 10.1 Å². The van der Waals surface area contributed by atoms with Crippen molar-refractivity contribution in [1.29, 1.82) is 0 Å². The molecule has 2 fully saturated rings. The number of ether oxygens (including phenoxy) is 1. The fraction of sp³-hybridized carbons (Fsp3) is 1.00. The molecule has 90 valence electrons. The van der Waals surface area contributed by atoms with Crippen LogP contribution in [0, 0.1) is 0 Å². The monoisotopic (exact) mass is 255 g/mol. The Bertz CT molecular complexity index is 303. The van der Waals surface area contributed by atoms with E-state index in [1.54, 1.807) is 7.11 Å². The standard InChI is InChI=1S/C9H17NO3S.ClH/c1-13-8-6-9(10-7-8)2-4-14(11,12)5-3-9;/h8,10H,2-7H2,1H3;1H. The molecule has 0 aliphatic carbocycles. The van der Waals surface area contributed by atoms with Crippen molar-refractivity contribution >= 4 is 22.2 Å². The van der Waals surface area contributed by atoms with Crippen LogP contribution in [-0.2, 0) is 14.6 Å². The van der Waals surface area contributed by atoms with Gasteiger partial charge in [-0.25, -0.2) is 8.42 Å². The maximum atomic E-state index is 11.3. The highest BCUT2D eigenvalue weighted by Crippen LogP contribution is 2.32. The maximum absolute atomic E-state index is 11.3. The molecule has 6 heteroatoms. The van der Waals surface area contributed by atoms with Crippen molar-refractivity contribution in [3.63, 3.8) is 0 Å². The molecule has 0 radical (unpaired) electrons. The normalized spacial score (nSPS) is 32.5. The van der Waals surface area contributed by atoms with Gasteiger partial charge in [-0.15, -0.1) is 12.4 Å². The summed E-state index contributed by atoms with van der Waals surface area (Å²) in [6.45, 7) is 0.858. The van der Waals surface area contributed by atoms with E-state index in [1.165, 1.54) is 0 Å². The summed E-state index contributed by atoms with van der Waals surface area (Å²) >= 11 is 0. The molecular formula is C9H18ClNO3S. The molecule has 15 heavy (non-hydrogen) atoms. The van der Waals surface area contributed by atoms with E-state index >= 15 is 0 Å². The van der Waals surface area contributed by atoms with Crippen molar-refractivity contribution in [2.45, 2.75) is 30.9 Å². The Hall–Kier alpha value is 0.160. The zero-order chi connectivity index (χ0) is 10.2. The fourth-order valence-electron chi connectivity index (χ4n) is 2.39. The fourth-order valence-corrected chi connectivity index (χ4v) is 3.99. The van der Waals surface area contributed by atoms with Gasteiger partial charge in [-0.2, -0.15) is 0 Å². The van der Waals surface area contributed by atoms with Crippen molar-refractivity contribution in [3.8, 4) is 0 Å². The van der Waals surface area contributed by atoms with Crippen molar-refractivity contribution in [2.24, 2.45) is 0 Å². The van der Waals surface area contributed by atoms with Gasteiger partial charge in [0.2, 0.25) is 0 Å². The van der Waals surface area contributed by atoms with Gasteiger partial charge in [0, 0.05) is 19.2 Å². The van der Waals surface area contributed by atoms with Crippen molar-refractivity contribution in [1.82, 2.24) is 5.32 Å². The number of hydrogen-bond acceptors (Lipinski definition) is 4. The van der Waals surface area contributed by atoms with E-state index in [0.29, 0.717) is 11.5 Å². The van der Waals surface area contributed by atoms with E-state index in [1.807, 2.05) is 0 Å². The minimum absolute atomic E-state index is 0. The van der Waals surface area contributed by atoms with Crippen LogP contribution in [0.15, 0.2) is 0 Å². The van der Waals surface area contributed by atoms with Gasteiger partial charge in [-0.3, -0.25) is 0 Å². The molecule has 2 rings (SSSR count). The van der Waals surface area contributed by atoms with E-state index < -0.39 is 9.84 Å². The number of sulfone groups is 1. The summed E-state index contributed by atoms with van der Waals surface area (Å²) in [5, 5.41) is 3.42. The van der Waals surface area contributed by atoms with Gasteiger partial charge in [0.1, 0.15) is 9.84 Å². The zero-order valence-corrected chi connectivity index (χ0v) is 10.5. The summed E-state index contributed by atoms with van der Waals surface area (Å²) in [5.74, 6) is 0.660. The molecule has 0 amide bonds. The number of rotatable bonds is 1. The Balaban J connectivity index is 0.00000112. The van der Waals surface area contributed by atoms with Crippen molar-refractivity contribution < 1.29 is 13.2 Å². The van der Waals surface area contributed by atoms with Gasteiger partial charge in [0.25, 0.3) is 0 Å². The Morgan fingerprint density at radius 1 is 1.33 bits per heavy atom. The molecule has 0 saturated carbocycles. The molecule has 0 aromatic rings. The first-order valence-electron chi connectivity index (χ1n) is 5.04. The average molecular weight is 256 g/mol. The predicted molar refractivity (Wildman–Crippen MR) is 61.3 cm³/mol. The summed E-state index contributed by atoms with van der Waals surface area (Å²) in [6, 6.07) is 0. The molecule has 4 nitrogen and oxygen atoms in total. The third-order valence-corrected chi connectivity index (χ3v) is 5.09. The Labute approximate surface area is 97.1 Å². The molecule has 1 atom stereocenters. The van der Waals surface area contributed by atoms with Crippen LogP contribution in [0.2, 0.25) is 0 Å². The van der Waals surface area contributed by atoms with Gasteiger partial charge in [0.15, 0.2) is 0 Å². The minimum atomic E-state index is -2.75. The second-order valence-corrected chi connectivity index (χ2v) is 6.68. The lowest BCUT2D eigenvalue weighted by Crippen LogP contribution is -2.46. The quantitative estimate of drug-likeness (QED) is 0.735. The lowest BCUT2D eigenvalue weighted by molar-refractivity contribution is 0.111. The summed E-state index contributed by atoms with van der Waals surface area (Å²) in [4.78, 5) is 0. The third kappa shape index (κ3) is 2.84. The van der Waals surface area contributed by atoms with Crippen LogP contribution in [0.4, 0.5) is 0 Å². The highest BCUT2D eigenvalue weighted by atomic mass is 35.5. The smallest absolute Gasteiger partial charge is 0.150 e. The third-order valence-electron chi connectivity index (χ3n) is 3.44. The average Bonchev–Trinajstić information content (AvgIpc) is 2.56. The molecule has 1 unspecified atom stereocenters. The predicted octanol–water partition coefficient (Wildman–Crippen LogP) is 0.364. The summed E-state index contributed by atoms with van der Waals surface area (Å²) in [5.41, 5.74) is 0.0476. The first-order chi connectivity index (χ1) is 6.55. The van der Waals surface area contributed by atoms with Crippen molar-refractivity contribution in [2.75, 3.05) is 25.2 Å². The first kappa shape index (κ1) is 13.2. The van der Waals surface area contributed by atoms with Gasteiger partial charge in [0.05, 0.1) is 17.6 Å². The van der Waals surface area contributed by atoms with E-state index in [9.17, 15) is 8.42 Å². The number of halogens is 1. The highest BCUT2D eigenvalue weighted by molar-refractivity contribution is 7.91. The molecule has 1 N–H and O–H groups in total. The van der Waals surface area contributed by atoms with Crippen LogP contribution in [0.3, 0.4) is 0 Å². The van der Waals surface area contributed by atoms with Crippen molar-refractivity contribution in [3.05, 3.63) is 0 Å². The minimum Gasteiger partial charge on any atom is -0.380 e. The second-order valence-electron chi connectivity index (χ2n) is 4.37. The van der Waals surface area contributed by atoms with Gasteiger partial charge in [-0.05, 0) is 19.3 Å². The van der Waals surface area contributed by atoms with E-state index in [0.717, 1.165) is 25.8 Å². The Morgan fingerprint density at radius 3 is 2.40 bits per heavy atom. The van der Waals surface area contributed by atoms with E-state index in [4.69, 9.17) is 4.74 Å². The Morgan fingerprint density at radius 2 is 1.93 bits per heavy atom. The summed E-state index contributed by atoms with van der Waals surface area (Å²) in [6.07, 6.45) is 2.71. The largest absolute Gasteiger partial charge is 0.380 e. The summed E-state index contributed by atoms with van der Waals surface area (Å²) in [7, 11) is -1.04. The molecule has 2 aliphatic heterocycles. The molecule has 2 aliphatic rings. The Kier molecular flexibility index (Phi) is 4.03. The highest BCUT2D eigenvalue weighted by Gasteiger charge is 2.42. The number of methoxy groups -OCH3 is 1. The van der Waals surface area contributed by atoms with Gasteiger partial charge >= 0.3 is 0 Å². The van der Waals surface area contributed by atoms with Crippen LogP contribution < -0.4 is 5.32 Å². The molecule has 0 bridgehead atoms. The number of hydrogen-bond donors (Lipinski definition) is 1. The maximum Gasteiger partial charge on any atom is 0.150 e. The molecule has 1 spiro atoms. The van der Waals surface area contributed by atoms with Crippen LogP contribution in [0.1, 0.15) is 19.3 Å². The lowest BCUT2D eigenvalue weighted by atomic mass is 9.90. The lowest BCUT2D eigenvalue weighted by Gasteiger charge is -2.33. The zero-order valence-electron chi connectivity index (χ0n) is 8.86. The molecule has 0 aromatic carbocycles. The first-order valence-corrected chi connectivity index (χ1v) is 6.86. The van der Waals surface area contributed by atoms with E-state index in [2.05, 4.69) is 5.32 Å². The molecule has 2 heterocycles. The SMILES string of the molecule is COC1CNC2(CCS(=O)(=O)CC2)C1.Cl. The van der Waals surface area contributed by atoms with E-state index in [-0.39, 0.29) is 24.0 Å². The van der Waals surface area contributed by atoms with Crippen LogP contribution in [0.25, 0.3) is 0 Å². The molecule has 2 saturated heterocycles. The topological polar surface area (TPSA) is 55.4 Å². The number of nitrogens with one attached hydrogen (secondary N) is 1. The summed E-state index contributed by atoms with van der Waals surface area (Å²) < 4.78 is 27.8. The van der Waals surface area contributed by atoms with Crippen LogP contribution in [0.5, 0.6) is 0 Å². The molecular weight excluding hydrogens is 238 g/mol. The van der Waals surface area contributed by atoms with Gasteiger partial charge in [-0.1, -0.05) is 0 Å².